The monoisotopic (exact) mass is 1140 g/mol. The summed E-state index contributed by atoms with van der Waals surface area (Å²) < 4.78 is 7.47. The van der Waals surface area contributed by atoms with E-state index in [2.05, 4.69) is 359 Å². The van der Waals surface area contributed by atoms with E-state index >= 15 is 0 Å². The highest BCUT2D eigenvalue weighted by atomic mass is 28.3. The summed E-state index contributed by atoms with van der Waals surface area (Å²) in [5, 5.41) is 12.6. The van der Waals surface area contributed by atoms with Crippen LogP contribution in [0.4, 0.5) is 0 Å². The molecule has 14 aromatic carbocycles. The van der Waals surface area contributed by atoms with Gasteiger partial charge in [0, 0.05) is 54.7 Å². The lowest BCUT2D eigenvalue weighted by Crippen LogP contribution is -2.74. The molecule has 4 heteroatoms. The van der Waals surface area contributed by atoms with E-state index in [1.165, 1.54) is 91.9 Å². The van der Waals surface area contributed by atoms with Crippen molar-refractivity contribution in [3.63, 3.8) is 0 Å². The molecule has 88 heavy (non-hydrogen) atoms. The quantitative estimate of drug-likeness (QED) is 0.0906. The molecule has 0 atom stereocenters. The van der Waals surface area contributed by atoms with Gasteiger partial charge in [-0.25, -0.2) is 0 Å². The van der Waals surface area contributed by atoms with Gasteiger partial charge in [0.1, 0.15) is 0 Å². The first-order valence-corrected chi connectivity index (χ1v) is 32.4. The Morgan fingerprint density at radius 1 is 0.193 bits per heavy atom. The molecule has 3 heterocycles. The maximum atomic E-state index is 2.57. The summed E-state index contributed by atoms with van der Waals surface area (Å²) in [6.45, 7) is 0. The van der Waals surface area contributed by atoms with Crippen LogP contribution < -0.4 is 20.7 Å². The summed E-state index contributed by atoms with van der Waals surface area (Å²) in [5.74, 6) is 0. The topological polar surface area (TPSA) is 14.8 Å². The molecule has 3 aromatic heterocycles. The Balaban J connectivity index is 0.899. The first-order valence-electron chi connectivity index (χ1n) is 30.4. The Morgan fingerprint density at radius 2 is 0.591 bits per heavy atom. The number of nitrogens with zero attached hydrogens (tertiary/aromatic N) is 3. The first-order chi connectivity index (χ1) is 43.7. The SMILES string of the molecule is c1ccc(-c2cccc([Si](c3ccccc3)(c3ccccc3)c3cc(-c4ccccc4)c(-n4c5ccccc5c5cc(-c6ccccc6-n6c7ccccc7c7cc(-n8c9ccccc9c9ccccc98)ccc76)ccc54)c(-c4ccccc4)c3)c2)cc1. The molecule has 0 aliphatic carbocycles. The average Bonchev–Trinajstić information content (AvgIpc) is 1.78. The van der Waals surface area contributed by atoms with Crippen LogP contribution in [0.1, 0.15) is 0 Å². The van der Waals surface area contributed by atoms with Crippen molar-refractivity contribution in [3.8, 4) is 61.6 Å². The molecule has 0 radical (unpaired) electrons. The molecule has 3 nitrogen and oxygen atoms in total. The molecule has 0 saturated carbocycles. The van der Waals surface area contributed by atoms with Gasteiger partial charge in [0.25, 0.3) is 0 Å². The number of para-hydroxylation sites is 5. The third kappa shape index (κ3) is 8.11. The minimum absolute atomic E-state index is 1.13. The van der Waals surface area contributed by atoms with Gasteiger partial charge in [-0.3, -0.25) is 0 Å². The number of fused-ring (bicyclic) bond motifs is 9. The Hall–Kier alpha value is -11.3. The number of benzene rings is 14. The summed E-state index contributed by atoms with van der Waals surface area (Å²) in [6, 6.07) is 129. The maximum absolute atomic E-state index is 3.16. The van der Waals surface area contributed by atoms with E-state index in [9.17, 15) is 0 Å². The third-order valence-electron chi connectivity index (χ3n) is 18.4. The zero-order valence-electron chi connectivity index (χ0n) is 48.3. The molecule has 0 N–H and O–H groups in total. The van der Waals surface area contributed by atoms with Crippen LogP contribution >= 0.6 is 0 Å². The molecule has 0 bridgehead atoms. The van der Waals surface area contributed by atoms with Crippen molar-refractivity contribution in [3.05, 3.63) is 346 Å². The summed E-state index contributed by atoms with van der Waals surface area (Å²) >= 11 is 0. The van der Waals surface area contributed by atoms with Crippen LogP contribution in [0.5, 0.6) is 0 Å². The second-order valence-electron chi connectivity index (χ2n) is 23.1. The molecular weight excluding hydrogens is 1080 g/mol. The summed E-state index contributed by atoms with van der Waals surface area (Å²) in [6.07, 6.45) is 0. The molecular formula is C84H57N3Si. The Morgan fingerprint density at radius 3 is 1.16 bits per heavy atom. The van der Waals surface area contributed by atoms with Crippen molar-refractivity contribution in [2.75, 3.05) is 0 Å². The van der Waals surface area contributed by atoms with E-state index in [1.807, 2.05) is 0 Å². The number of aromatic nitrogens is 3. The fraction of sp³-hybridized carbons (Fsp3) is 0. The van der Waals surface area contributed by atoms with Crippen LogP contribution in [-0.4, -0.2) is 21.8 Å². The predicted octanol–water partition coefficient (Wildman–Crippen LogP) is 19.0. The molecule has 412 valence electrons. The molecule has 17 rings (SSSR count). The highest BCUT2D eigenvalue weighted by Crippen LogP contribution is 2.45. The average molecular weight is 1140 g/mol. The Bertz CT molecular complexity index is 5340. The Labute approximate surface area is 512 Å². The van der Waals surface area contributed by atoms with Crippen molar-refractivity contribution in [1.82, 2.24) is 13.7 Å². The van der Waals surface area contributed by atoms with Gasteiger partial charge in [-0.1, -0.05) is 285 Å². The van der Waals surface area contributed by atoms with E-state index in [0.717, 1.165) is 55.9 Å². The van der Waals surface area contributed by atoms with Crippen molar-refractivity contribution in [1.29, 1.82) is 0 Å². The Kier molecular flexibility index (Phi) is 12.2. The van der Waals surface area contributed by atoms with Crippen LogP contribution in [0.3, 0.4) is 0 Å². The molecule has 0 saturated heterocycles. The standard InChI is InChI=1S/C84H57N3Si/c1-6-27-58(28-7-1)61-33-26-38-66(53-61)88(64-34-12-4-13-35-64,65-36-14-5-15-37-65)67-56-73(59-29-8-2-9-30-59)84(74(57-67)60-31-10-3-11-32-60)87-81-48-25-20-42-71(81)75-54-62(49-51-83(75)87)68-39-16-21-44-77(68)86-80-47-24-19-43-72(80)76-55-63(50-52-82(76)86)85-78-45-22-17-40-69(78)70-41-18-23-46-79(70)85/h1-57H. The van der Waals surface area contributed by atoms with Gasteiger partial charge < -0.3 is 13.7 Å². The van der Waals surface area contributed by atoms with Crippen LogP contribution in [0, 0.1) is 0 Å². The summed E-state index contributed by atoms with van der Waals surface area (Å²) in [5.41, 5.74) is 19.8. The molecule has 0 spiro atoms. The maximum Gasteiger partial charge on any atom is 0.179 e. The van der Waals surface area contributed by atoms with Gasteiger partial charge in [0.15, 0.2) is 8.07 Å². The first kappa shape index (κ1) is 51.1. The lowest BCUT2D eigenvalue weighted by Gasteiger charge is -2.36. The van der Waals surface area contributed by atoms with Crippen LogP contribution in [0.25, 0.3) is 127 Å². The zero-order valence-corrected chi connectivity index (χ0v) is 49.3. The second kappa shape index (κ2) is 21.0. The zero-order chi connectivity index (χ0) is 58.1. The smallest absolute Gasteiger partial charge is 0.179 e. The second-order valence-corrected chi connectivity index (χ2v) is 26.9. The lowest BCUT2D eigenvalue weighted by atomic mass is 9.95. The highest BCUT2D eigenvalue weighted by molar-refractivity contribution is 7.20. The fourth-order valence-corrected chi connectivity index (χ4v) is 19.4. The minimum atomic E-state index is -3.16. The molecule has 0 unspecified atom stereocenters. The molecule has 17 aromatic rings. The number of hydrogen-bond acceptors (Lipinski definition) is 0. The van der Waals surface area contributed by atoms with Gasteiger partial charge in [0.2, 0.25) is 0 Å². The van der Waals surface area contributed by atoms with Gasteiger partial charge >= 0.3 is 0 Å². The molecule has 0 amide bonds. The van der Waals surface area contributed by atoms with E-state index in [-0.39, 0.29) is 0 Å². The summed E-state index contributed by atoms with van der Waals surface area (Å²) in [7, 11) is -3.16. The third-order valence-corrected chi connectivity index (χ3v) is 23.1. The van der Waals surface area contributed by atoms with Crippen molar-refractivity contribution in [2.24, 2.45) is 0 Å². The lowest BCUT2D eigenvalue weighted by molar-refractivity contribution is 1.17. The molecule has 0 aliphatic rings. The predicted molar refractivity (Wildman–Crippen MR) is 375 cm³/mol. The minimum Gasteiger partial charge on any atom is -0.309 e. The van der Waals surface area contributed by atoms with E-state index in [4.69, 9.17) is 0 Å². The normalized spacial score (nSPS) is 11.9. The van der Waals surface area contributed by atoms with Crippen molar-refractivity contribution in [2.45, 2.75) is 0 Å². The molecule has 0 aliphatic heterocycles. The van der Waals surface area contributed by atoms with Gasteiger partial charge in [-0.15, -0.1) is 0 Å². The van der Waals surface area contributed by atoms with Crippen LogP contribution in [0.15, 0.2) is 346 Å². The van der Waals surface area contributed by atoms with Crippen molar-refractivity contribution >= 4 is 94.2 Å². The van der Waals surface area contributed by atoms with Gasteiger partial charge in [0.05, 0.1) is 44.5 Å². The van der Waals surface area contributed by atoms with Crippen molar-refractivity contribution < 1.29 is 0 Å². The number of rotatable bonds is 11. The van der Waals surface area contributed by atoms with Crippen LogP contribution in [-0.2, 0) is 0 Å². The van der Waals surface area contributed by atoms with Crippen LogP contribution in [0.2, 0.25) is 0 Å². The van der Waals surface area contributed by atoms with E-state index in [1.54, 1.807) is 0 Å². The van der Waals surface area contributed by atoms with Gasteiger partial charge in [-0.05, 0) is 109 Å². The molecule has 0 fully saturated rings. The summed E-state index contributed by atoms with van der Waals surface area (Å²) in [4.78, 5) is 0. The van der Waals surface area contributed by atoms with Gasteiger partial charge in [-0.2, -0.15) is 0 Å². The largest absolute Gasteiger partial charge is 0.309 e. The highest BCUT2D eigenvalue weighted by Gasteiger charge is 2.43. The van der Waals surface area contributed by atoms with E-state index in [0.29, 0.717) is 0 Å². The van der Waals surface area contributed by atoms with E-state index < -0.39 is 8.07 Å². The fourth-order valence-electron chi connectivity index (χ4n) is 14.6. The number of hydrogen-bond donors (Lipinski definition) is 0.